The molecule has 22 heavy (non-hydrogen) atoms. The van der Waals surface area contributed by atoms with Crippen molar-refractivity contribution in [3.8, 4) is 0 Å². The van der Waals surface area contributed by atoms with E-state index in [9.17, 15) is 4.79 Å². The lowest BCUT2D eigenvalue weighted by Gasteiger charge is -2.18. The Morgan fingerprint density at radius 2 is 2.09 bits per heavy atom. The molecule has 1 N–H and O–H groups in total. The molecule has 0 fully saturated rings. The second kappa shape index (κ2) is 7.35. The van der Waals surface area contributed by atoms with Gasteiger partial charge in [0, 0.05) is 17.1 Å². The van der Waals surface area contributed by atoms with Crippen LogP contribution in [0.4, 0.5) is 0 Å². The van der Waals surface area contributed by atoms with Crippen molar-refractivity contribution >= 4 is 40.9 Å². The molecule has 1 aromatic carbocycles. The fraction of sp³-hybridized carbons (Fsp3) is 0.357. The van der Waals surface area contributed by atoms with Gasteiger partial charge in [0.05, 0.1) is 11.3 Å². The number of carbonyl (C=O) groups is 1. The van der Waals surface area contributed by atoms with Crippen molar-refractivity contribution in [2.24, 2.45) is 7.05 Å². The molecule has 0 aliphatic heterocycles. The molecule has 2 unspecified atom stereocenters. The molecule has 2 rings (SSSR count). The smallest absolute Gasteiger partial charge is 0.233 e. The minimum atomic E-state index is -0.295. The van der Waals surface area contributed by atoms with E-state index in [1.54, 1.807) is 23.0 Å². The molecule has 1 aromatic heterocycles. The molecule has 1 amide bonds. The van der Waals surface area contributed by atoms with Crippen molar-refractivity contribution in [2.45, 2.75) is 30.3 Å². The molecule has 0 saturated heterocycles. The molecule has 0 spiro atoms. The topological polar surface area (TPSA) is 59.8 Å². The van der Waals surface area contributed by atoms with Crippen LogP contribution in [0.2, 0.25) is 10.0 Å². The van der Waals surface area contributed by atoms with Crippen LogP contribution in [0, 0.1) is 0 Å². The van der Waals surface area contributed by atoms with Gasteiger partial charge in [-0.1, -0.05) is 41.0 Å². The molecule has 118 valence electrons. The summed E-state index contributed by atoms with van der Waals surface area (Å²) in [6.45, 7) is 3.71. The summed E-state index contributed by atoms with van der Waals surface area (Å²) in [5.74, 6) is -0.0912. The summed E-state index contributed by atoms with van der Waals surface area (Å²) in [7, 11) is 1.84. The Kier molecular flexibility index (Phi) is 5.72. The first-order valence-electron chi connectivity index (χ1n) is 6.64. The quantitative estimate of drug-likeness (QED) is 0.831. The maximum atomic E-state index is 12.3. The maximum Gasteiger partial charge on any atom is 0.233 e. The number of benzene rings is 1. The van der Waals surface area contributed by atoms with E-state index in [0.29, 0.717) is 15.2 Å². The number of aryl methyl sites for hydroxylation is 1. The minimum absolute atomic E-state index is 0.0912. The number of amides is 1. The predicted octanol–water partition coefficient (Wildman–Crippen LogP) is 3.48. The lowest BCUT2D eigenvalue weighted by molar-refractivity contribution is -0.120. The van der Waals surface area contributed by atoms with Gasteiger partial charge in [0.2, 0.25) is 5.91 Å². The number of thioether (sulfide) groups is 1. The number of nitrogens with one attached hydrogen (secondary N) is 1. The van der Waals surface area contributed by atoms with Crippen LogP contribution in [-0.2, 0) is 11.8 Å². The third-order valence-corrected chi connectivity index (χ3v) is 4.82. The van der Waals surface area contributed by atoms with Crippen molar-refractivity contribution < 1.29 is 4.79 Å². The van der Waals surface area contributed by atoms with Gasteiger partial charge in [-0.15, -0.1) is 10.2 Å². The van der Waals surface area contributed by atoms with Gasteiger partial charge in [-0.05, 0) is 31.5 Å². The van der Waals surface area contributed by atoms with E-state index in [1.165, 1.54) is 11.8 Å². The number of aromatic nitrogens is 3. The van der Waals surface area contributed by atoms with E-state index >= 15 is 0 Å². The monoisotopic (exact) mass is 358 g/mol. The summed E-state index contributed by atoms with van der Waals surface area (Å²) in [6.07, 6.45) is 1.60. The Morgan fingerprint density at radius 3 is 2.68 bits per heavy atom. The molecule has 0 bridgehead atoms. The fourth-order valence-electron chi connectivity index (χ4n) is 1.85. The van der Waals surface area contributed by atoms with E-state index in [1.807, 2.05) is 27.0 Å². The predicted molar refractivity (Wildman–Crippen MR) is 89.3 cm³/mol. The number of hydrogen-bond acceptors (Lipinski definition) is 4. The lowest BCUT2D eigenvalue weighted by atomic mass is 10.1. The fourth-order valence-corrected chi connectivity index (χ4v) is 3.22. The Labute approximate surface area is 143 Å². The summed E-state index contributed by atoms with van der Waals surface area (Å²) < 4.78 is 1.77. The molecular weight excluding hydrogens is 343 g/mol. The van der Waals surface area contributed by atoms with E-state index < -0.39 is 0 Å². The lowest BCUT2D eigenvalue weighted by Crippen LogP contribution is -2.33. The third kappa shape index (κ3) is 4.15. The highest BCUT2D eigenvalue weighted by atomic mass is 35.5. The van der Waals surface area contributed by atoms with Gasteiger partial charge in [0.25, 0.3) is 0 Å². The molecular formula is C14H16Cl2N4OS. The van der Waals surface area contributed by atoms with Gasteiger partial charge in [-0.2, -0.15) is 0 Å². The molecule has 0 saturated carbocycles. The van der Waals surface area contributed by atoms with E-state index in [4.69, 9.17) is 23.2 Å². The molecule has 0 aliphatic carbocycles. The number of carbonyl (C=O) groups excluding carboxylic acids is 1. The Balaban J connectivity index is 2.00. The van der Waals surface area contributed by atoms with Crippen molar-refractivity contribution in [2.75, 3.05) is 0 Å². The van der Waals surface area contributed by atoms with E-state index in [0.717, 1.165) is 5.56 Å². The van der Waals surface area contributed by atoms with Crippen molar-refractivity contribution in [3.05, 3.63) is 40.1 Å². The average Bonchev–Trinajstić information content (AvgIpc) is 2.83. The summed E-state index contributed by atoms with van der Waals surface area (Å²) in [5.41, 5.74) is 0.829. The van der Waals surface area contributed by atoms with Gasteiger partial charge >= 0.3 is 0 Å². The average molecular weight is 359 g/mol. The summed E-state index contributed by atoms with van der Waals surface area (Å²) >= 11 is 13.4. The summed E-state index contributed by atoms with van der Waals surface area (Å²) in [6, 6.07) is 5.03. The van der Waals surface area contributed by atoms with Gasteiger partial charge in [0.1, 0.15) is 6.33 Å². The zero-order chi connectivity index (χ0) is 16.3. The Morgan fingerprint density at radius 1 is 1.36 bits per heavy atom. The highest BCUT2D eigenvalue weighted by molar-refractivity contribution is 8.00. The van der Waals surface area contributed by atoms with Gasteiger partial charge in [-0.25, -0.2) is 0 Å². The summed E-state index contributed by atoms with van der Waals surface area (Å²) in [5, 5.41) is 12.2. The van der Waals surface area contributed by atoms with Crippen LogP contribution >= 0.6 is 35.0 Å². The molecule has 0 aliphatic rings. The zero-order valence-corrected chi connectivity index (χ0v) is 14.7. The van der Waals surface area contributed by atoms with Crippen molar-refractivity contribution in [1.82, 2.24) is 20.1 Å². The normalized spacial score (nSPS) is 13.7. The first-order chi connectivity index (χ1) is 10.4. The van der Waals surface area contributed by atoms with Gasteiger partial charge in [-0.3, -0.25) is 4.79 Å². The van der Waals surface area contributed by atoms with Gasteiger partial charge in [0.15, 0.2) is 5.16 Å². The number of hydrogen-bond donors (Lipinski definition) is 1. The van der Waals surface area contributed by atoms with Crippen molar-refractivity contribution in [3.63, 3.8) is 0 Å². The standard InChI is InChI=1S/C14H16Cl2N4OS/c1-8(11-5-4-10(15)6-12(11)16)18-13(21)9(2)22-14-19-17-7-20(14)3/h4-9H,1-3H3,(H,18,21). The highest BCUT2D eigenvalue weighted by Crippen LogP contribution is 2.27. The SMILES string of the molecule is CC(Sc1nncn1C)C(=O)NC(C)c1ccc(Cl)cc1Cl. The van der Waals surface area contributed by atoms with E-state index in [2.05, 4.69) is 15.5 Å². The number of nitrogens with zero attached hydrogens (tertiary/aromatic N) is 3. The maximum absolute atomic E-state index is 12.3. The number of halogens is 2. The van der Waals surface area contributed by atoms with Crippen LogP contribution in [-0.4, -0.2) is 25.9 Å². The van der Waals surface area contributed by atoms with Crippen LogP contribution in [0.15, 0.2) is 29.7 Å². The zero-order valence-electron chi connectivity index (χ0n) is 12.4. The largest absolute Gasteiger partial charge is 0.349 e. The molecule has 1 heterocycles. The first-order valence-corrected chi connectivity index (χ1v) is 8.28. The van der Waals surface area contributed by atoms with Crippen LogP contribution < -0.4 is 5.32 Å². The van der Waals surface area contributed by atoms with Crippen LogP contribution in [0.5, 0.6) is 0 Å². The second-order valence-corrected chi connectivity index (χ2v) is 7.03. The van der Waals surface area contributed by atoms with Crippen LogP contribution in [0.25, 0.3) is 0 Å². The van der Waals surface area contributed by atoms with Crippen LogP contribution in [0.1, 0.15) is 25.5 Å². The summed E-state index contributed by atoms with van der Waals surface area (Å²) in [4.78, 5) is 12.3. The third-order valence-electron chi connectivity index (χ3n) is 3.11. The second-order valence-electron chi connectivity index (χ2n) is 4.88. The van der Waals surface area contributed by atoms with E-state index in [-0.39, 0.29) is 17.2 Å². The highest BCUT2D eigenvalue weighted by Gasteiger charge is 2.20. The Bertz CT molecular complexity index is 677. The van der Waals surface area contributed by atoms with Gasteiger partial charge < -0.3 is 9.88 Å². The van der Waals surface area contributed by atoms with Crippen molar-refractivity contribution in [1.29, 1.82) is 0 Å². The molecule has 2 atom stereocenters. The molecule has 5 nitrogen and oxygen atoms in total. The molecule has 0 radical (unpaired) electrons. The molecule has 8 heteroatoms. The minimum Gasteiger partial charge on any atom is -0.349 e. The van der Waals surface area contributed by atoms with Crippen LogP contribution in [0.3, 0.4) is 0 Å². The molecule has 2 aromatic rings. The first kappa shape index (κ1) is 17.1. The Hall–Kier alpha value is -1.24. The number of rotatable bonds is 5.